The molecule has 2 saturated carbocycles. The first kappa shape index (κ1) is 19.8. The summed E-state index contributed by atoms with van der Waals surface area (Å²) in [5.41, 5.74) is -0.460. The van der Waals surface area contributed by atoms with Crippen LogP contribution in [0.5, 0.6) is 0 Å². The van der Waals surface area contributed by atoms with E-state index < -0.39 is 5.41 Å². The molecule has 1 aromatic rings. The molecule has 0 unspecified atom stereocenters. The van der Waals surface area contributed by atoms with Crippen LogP contribution in [-0.4, -0.2) is 59.4 Å². The number of carbonyl (C=O) groups is 2. The molecule has 4 fully saturated rings. The van der Waals surface area contributed by atoms with E-state index in [1.54, 1.807) is 12.4 Å². The summed E-state index contributed by atoms with van der Waals surface area (Å²) in [6.07, 6.45) is 12.1. The molecule has 2 atom stereocenters. The number of hydrogen-bond acceptors (Lipinski definition) is 5. The van der Waals surface area contributed by atoms with Crippen LogP contribution in [0.4, 0.5) is 5.95 Å². The number of anilines is 1. The molecule has 1 N–H and O–H groups in total. The molecule has 162 valence electrons. The molecule has 3 heterocycles. The first-order chi connectivity index (χ1) is 14.7. The Morgan fingerprint density at radius 2 is 1.83 bits per heavy atom. The predicted molar refractivity (Wildman–Crippen MR) is 114 cm³/mol. The maximum atomic E-state index is 13.5. The fourth-order valence-corrected chi connectivity index (χ4v) is 5.78. The second-order valence-electron chi connectivity index (χ2n) is 9.80. The van der Waals surface area contributed by atoms with Crippen molar-refractivity contribution >= 4 is 17.8 Å². The number of hydrogen-bond donors (Lipinski definition) is 1. The summed E-state index contributed by atoms with van der Waals surface area (Å²) in [5.74, 6) is 2.15. The van der Waals surface area contributed by atoms with Crippen molar-refractivity contribution in [1.29, 1.82) is 0 Å². The second kappa shape index (κ2) is 8.16. The summed E-state index contributed by atoms with van der Waals surface area (Å²) < 4.78 is 0. The van der Waals surface area contributed by atoms with Gasteiger partial charge in [-0.2, -0.15) is 0 Å². The van der Waals surface area contributed by atoms with Crippen molar-refractivity contribution in [2.75, 3.05) is 37.6 Å². The molecule has 1 aromatic heterocycles. The van der Waals surface area contributed by atoms with E-state index in [9.17, 15) is 9.59 Å². The Morgan fingerprint density at radius 1 is 1.07 bits per heavy atom. The number of aromatic nitrogens is 2. The normalized spacial score (nSPS) is 29.5. The van der Waals surface area contributed by atoms with Crippen molar-refractivity contribution in [1.82, 2.24) is 20.2 Å². The molecule has 7 heteroatoms. The lowest BCUT2D eigenvalue weighted by atomic mass is 9.74. The van der Waals surface area contributed by atoms with E-state index in [2.05, 4.69) is 25.1 Å². The van der Waals surface area contributed by atoms with Crippen molar-refractivity contribution in [3.8, 4) is 0 Å². The van der Waals surface area contributed by atoms with Crippen molar-refractivity contribution in [3.05, 3.63) is 18.5 Å². The zero-order chi connectivity index (χ0) is 20.6. The Labute approximate surface area is 178 Å². The fourth-order valence-electron chi connectivity index (χ4n) is 5.78. The molecule has 0 radical (unpaired) electrons. The third kappa shape index (κ3) is 3.79. The molecule has 0 aromatic carbocycles. The Balaban J connectivity index is 1.38. The minimum atomic E-state index is -0.460. The van der Waals surface area contributed by atoms with E-state index in [1.807, 2.05) is 6.07 Å². The molecule has 4 aliphatic rings. The first-order valence-corrected chi connectivity index (χ1v) is 11.7. The summed E-state index contributed by atoms with van der Waals surface area (Å²) in [7, 11) is 0. The van der Waals surface area contributed by atoms with Gasteiger partial charge < -0.3 is 15.1 Å². The molecule has 30 heavy (non-hydrogen) atoms. The van der Waals surface area contributed by atoms with Crippen LogP contribution in [0.3, 0.4) is 0 Å². The summed E-state index contributed by atoms with van der Waals surface area (Å²) >= 11 is 0. The molecular weight excluding hydrogens is 378 g/mol. The lowest BCUT2D eigenvalue weighted by molar-refractivity contribution is -0.137. The molecule has 2 aliphatic heterocycles. The summed E-state index contributed by atoms with van der Waals surface area (Å²) in [4.78, 5) is 39.8. The van der Waals surface area contributed by atoms with Crippen LogP contribution in [0.15, 0.2) is 18.5 Å². The smallest absolute Gasteiger partial charge is 0.228 e. The Morgan fingerprint density at radius 3 is 2.57 bits per heavy atom. The number of likely N-dealkylation sites (tertiary alicyclic amines) is 1. The summed E-state index contributed by atoms with van der Waals surface area (Å²) in [6.45, 7) is 3.62. The third-order valence-corrected chi connectivity index (χ3v) is 7.74. The molecule has 7 nitrogen and oxygen atoms in total. The van der Waals surface area contributed by atoms with Crippen molar-refractivity contribution < 1.29 is 9.59 Å². The lowest BCUT2D eigenvalue weighted by Crippen LogP contribution is -2.49. The van der Waals surface area contributed by atoms with Crippen molar-refractivity contribution in [3.63, 3.8) is 0 Å². The highest BCUT2D eigenvalue weighted by molar-refractivity contribution is 5.85. The summed E-state index contributed by atoms with van der Waals surface area (Å²) in [5, 5.41) is 3.27. The zero-order valence-electron chi connectivity index (χ0n) is 17.8. The van der Waals surface area contributed by atoms with Gasteiger partial charge in [0.2, 0.25) is 17.8 Å². The molecule has 2 saturated heterocycles. The minimum Gasteiger partial charge on any atom is -0.355 e. The first-order valence-electron chi connectivity index (χ1n) is 11.7. The molecular formula is C23H33N5O2. The van der Waals surface area contributed by atoms with Gasteiger partial charge in [-0.25, -0.2) is 9.97 Å². The standard InChI is InChI=1S/C23H33N5O2/c29-20(18-5-1-2-6-18)27-12-3-9-23(21(30)26-13-17-7-8-17)16-28(15-19(23)14-27)22-24-10-4-11-25-22/h4,10-11,17-19H,1-3,5-9,12-16H2,(H,26,30)/t19-,23-/m0/s1. The van der Waals surface area contributed by atoms with Gasteiger partial charge in [0.1, 0.15) is 0 Å². The Bertz CT molecular complexity index is 777. The van der Waals surface area contributed by atoms with Gasteiger partial charge >= 0.3 is 0 Å². The van der Waals surface area contributed by atoms with E-state index in [4.69, 9.17) is 0 Å². The lowest BCUT2D eigenvalue weighted by Gasteiger charge is -2.33. The number of rotatable bonds is 5. The minimum absolute atomic E-state index is 0.119. The van der Waals surface area contributed by atoms with E-state index in [1.165, 1.54) is 25.7 Å². The topological polar surface area (TPSA) is 78.4 Å². The molecule has 0 spiro atoms. The van der Waals surface area contributed by atoms with Gasteiger partial charge in [-0.15, -0.1) is 0 Å². The fraction of sp³-hybridized carbons (Fsp3) is 0.739. The van der Waals surface area contributed by atoms with Crippen LogP contribution in [0.25, 0.3) is 0 Å². The molecule has 2 aliphatic carbocycles. The Kier molecular flexibility index (Phi) is 5.37. The largest absolute Gasteiger partial charge is 0.355 e. The zero-order valence-corrected chi connectivity index (χ0v) is 17.8. The quantitative estimate of drug-likeness (QED) is 0.804. The molecule has 0 bridgehead atoms. The van der Waals surface area contributed by atoms with Crippen molar-refractivity contribution in [2.45, 2.75) is 51.4 Å². The maximum absolute atomic E-state index is 13.5. The number of fused-ring (bicyclic) bond motifs is 1. The van der Waals surface area contributed by atoms with Gasteiger partial charge in [0.15, 0.2) is 0 Å². The second-order valence-corrected chi connectivity index (χ2v) is 9.80. The average molecular weight is 412 g/mol. The van der Waals surface area contributed by atoms with Crippen LogP contribution in [-0.2, 0) is 9.59 Å². The monoisotopic (exact) mass is 411 g/mol. The van der Waals surface area contributed by atoms with Crippen LogP contribution in [0.2, 0.25) is 0 Å². The van der Waals surface area contributed by atoms with Crippen molar-refractivity contribution in [2.24, 2.45) is 23.2 Å². The summed E-state index contributed by atoms with van der Waals surface area (Å²) in [6, 6.07) is 1.82. The van der Waals surface area contributed by atoms with Crippen LogP contribution < -0.4 is 10.2 Å². The average Bonchev–Trinajstić information content (AvgIpc) is 3.36. The maximum Gasteiger partial charge on any atom is 0.228 e. The molecule has 5 rings (SSSR count). The number of carbonyl (C=O) groups excluding carboxylic acids is 2. The van der Waals surface area contributed by atoms with Gasteiger partial charge in [-0.3, -0.25) is 9.59 Å². The van der Waals surface area contributed by atoms with E-state index >= 15 is 0 Å². The van der Waals surface area contributed by atoms with E-state index in [0.29, 0.717) is 30.9 Å². The van der Waals surface area contributed by atoms with Gasteiger partial charge in [0, 0.05) is 57.0 Å². The van der Waals surface area contributed by atoms with Crippen LogP contribution in [0, 0.1) is 23.2 Å². The number of nitrogens with zero attached hydrogens (tertiary/aromatic N) is 4. The van der Waals surface area contributed by atoms with Gasteiger partial charge in [-0.05, 0) is 50.5 Å². The number of amides is 2. The third-order valence-electron chi connectivity index (χ3n) is 7.74. The van der Waals surface area contributed by atoms with Gasteiger partial charge in [0.05, 0.1) is 5.41 Å². The highest BCUT2D eigenvalue weighted by Crippen LogP contribution is 2.44. The van der Waals surface area contributed by atoms with Crippen LogP contribution in [0.1, 0.15) is 51.4 Å². The van der Waals surface area contributed by atoms with E-state index in [0.717, 1.165) is 45.3 Å². The SMILES string of the molecule is O=C(C1CCCC1)N1CCC[C@]2(C(=O)NCC3CC3)CN(c3ncccn3)C[C@@H]2C1. The highest BCUT2D eigenvalue weighted by Gasteiger charge is 2.54. The van der Waals surface area contributed by atoms with E-state index in [-0.39, 0.29) is 17.7 Å². The van der Waals surface area contributed by atoms with Gasteiger partial charge in [-0.1, -0.05) is 12.8 Å². The molecule has 2 amide bonds. The number of nitrogens with one attached hydrogen (secondary N) is 1. The highest BCUT2D eigenvalue weighted by atomic mass is 16.2. The Hall–Kier alpha value is -2.18. The predicted octanol–water partition coefficient (Wildman–Crippen LogP) is 2.24. The van der Waals surface area contributed by atoms with Gasteiger partial charge in [0.25, 0.3) is 0 Å². The van der Waals surface area contributed by atoms with Crippen LogP contribution >= 0.6 is 0 Å².